The van der Waals surface area contributed by atoms with Crippen molar-refractivity contribution in [2.24, 2.45) is 5.73 Å². The lowest BCUT2D eigenvalue weighted by molar-refractivity contribution is 0.100. The molecule has 0 radical (unpaired) electrons. The normalized spacial score (nSPS) is 16.7. The van der Waals surface area contributed by atoms with Gasteiger partial charge in [0, 0.05) is 31.4 Å². The van der Waals surface area contributed by atoms with Gasteiger partial charge in [0.15, 0.2) is 5.65 Å². The molecule has 0 aromatic carbocycles. The Bertz CT molecular complexity index is 884. The predicted octanol–water partition coefficient (Wildman–Crippen LogP) is 0.0364. The van der Waals surface area contributed by atoms with Crippen molar-refractivity contribution in [3.05, 3.63) is 30.1 Å². The molecule has 0 aliphatic carbocycles. The molecular weight excluding hydrogens is 306 g/mol. The Labute approximate surface area is 127 Å². The highest BCUT2D eigenvalue weighted by Crippen LogP contribution is 2.23. The lowest BCUT2D eigenvalue weighted by Crippen LogP contribution is -2.34. The summed E-state index contributed by atoms with van der Waals surface area (Å²) in [7, 11) is -3.20. The molecular formula is C13H15N5O3S. The van der Waals surface area contributed by atoms with Crippen LogP contribution in [0.1, 0.15) is 16.8 Å². The maximum atomic E-state index is 11.5. The SMILES string of the molecule is CS(=O)(=O)N1CC=C(n2ncc3c(C(N)=O)ccnc32)CC1. The first-order valence-corrected chi connectivity index (χ1v) is 8.50. The number of nitrogens with zero attached hydrogens (tertiary/aromatic N) is 4. The molecule has 0 saturated carbocycles. The standard InChI is InChI=1S/C13H15N5O3S/c1-22(20,21)17-6-3-9(4-7-17)18-13-11(8-16-18)10(12(14)19)2-5-15-13/h2-3,5,8H,4,6-7H2,1H3,(H2,14,19). The van der Waals surface area contributed by atoms with Gasteiger partial charge in [0.1, 0.15) is 0 Å². The molecule has 3 rings (SSSR count). The van der Waals surface area contributed by atoms with Crippen molar-refractivity contribution < 1.29 is 13.2 Å². The fourth-order valence-corrected chi connectivity index (χ4v) is 3.26. The van der Waals surface area contributed by atoms with Gasteiger partial charge in [-0.15, -0.1) is 0 Å². The number of amides is 1. The average molecular weight is 321 g/mol. The Morgan fingerprint density at radius 2 is 2.18 bits per heavy atom. The van der Waals surface area contributed by atoms with Crippen LogP contribution in [0, 0.1) is 0 Å². The third kappa shape index (κ3) is 2.48. The van der Waals surface area contributed by atoms with Gasteiger partial charge in [-0.3, -0.25) is 4.79 Å². The van der Waals surface area contributed by atoms with Crippen molar-refractivity contribution in [3.8, 4) is 0 Å². The Morgan fingerprint density at radius 1 is 1.41 bits per heavy atom. The van der Waals surface area contributed by atoms with Crippen LogP contribution in [0.3, 0.4) is 0 Å². The second-order valence-electron chi connectivity index (χ2n) is 5.08. The van der Waals surface area contributed by atoms with Gasteiger partial charge in [0.25, 0.3) is 0 Å². The second-order valence-corrected chi connectivity index (χ2v) is 7.07. The molecule has 8 nitrogen and oxygen atoms in total. The first kappa shape index (κ1) is 14.7. The topological polar surface area (TPSA) is 111 Å². The van der Waals surface area contributed by atoms with E-state index in [0.717, 1.165) is 5.70 Å². The number of rotatable bonds is 3. The van der Waals surface area contributed by atoms with E-state index < -0.39 is 15.9 Å². The molecule has 0 atom stereocenters. The van der Waals surface area contributed by atoms with E-state index in [1.54, 1.807) is 23.0 Å². The number of sulfonamides is 1. The third-order valence-electron chi connectivity index (χ3n) is 3.63. The molecule has 2 aromatic rings. The second kappa shape index (κ2) is 5.18. The molecule has 116 valence electrons. The first-order chi connectivity index (χ1) is 10.4. The molecule has 0 spiro atoms. The van der Waals surface area contributed by atoms with Crippen LogP contribution in [-0.2, 0) is 10.0 Å². The maximum absolute atomic E-state index is 11.5. The van der Waals surface area contributed by atoms with Crippen molar-refractivity contribution in [1.82, 2.24) is 19.1 Å². The van der Waals surface area contributed by atoms with Gasteiger partial charge in [-0.2, -0.15) is 9.40 Å². The molecule has 0 fully saturated rings. The molecule has 9 heteroatoms. The van der Waals surface area contributed by atoms with Gasteiger partial charge in [-0.25, -0.2) is 18.1 Å². The molecule has 0 bridgehead atoms. The maximum Gasteiger partial charge on any atom is 0.249 e. The van der Waals surface area contributed by atoms with Crippen molar-refractivity contribution in [2.75, 3.05) is 19.3 Å². The molecule has 1 aliphatic heterocycles. The van der Waals surface area contributed by atoms with Crippen molar-refractivity contribution in [1.29, 1.82) is 0 Å². The summed E-state index contributed by atoms with van der Waals surface area (Å²) in [6.07, 6.45) is 6.57. The minimum Gasteiger partial charge on any atom is -0.366 e. The number of carbonyl (C=O) groups is 1. The highest BCUT2D eigenvalue weighted by atomic mass is 32.2. The lowest BCUT2D eigenvalue weighted by atomic mass is 10.2. The van der Waals surface area contributed by atoms with Crippen LogP contribution in [0.15, 0.2) is 24.5 Å². The minimum atomic E-state index is -3.20. The Kier molecular flexibility index (Phi) is 3.45. The Morgan fingerprint density at radius 3 is 2.77 bits per heavy atom. The molecule has 3 heterocycles. The fourth-order valence-electron chi connectivity index (χ4n) is 2.49. The van der Waals surface area contributed by atoms with Gasteiger partial charge >= 0.3 is 0 Å². The highest BCUT2D eigenvalue weighted by molar-refractivity contribution is 7.88. The van der Waals surface area contributed by atoms with E-state index in [-0.39, 0.29) is 0 Å². The van der Waals surface area contributed by atoms with Crippen LogP contribution in [0.25, 0.3) is 16.7 Å². The van der Waals surface area contributed by atoms with Crippen molar-refractivity contribution in [3.63, 3.8) is 0 Å². The van der Waals surface area contributed by atoms with Crippen molar-refractivity contribution >= 4 is 32.7 Å². The molecule has 2 N–H and O–H groups in total. The van der Waals surface area contributed by atoms with E-state index in [4.69, 9.17) is 5.73 Å². The lowest BCUT2D eigenvalue weighted by Gasteiger charge is -2.24. The van der Waals surface area contributed by atoms with E-state index >= 15 is 0 Å². The summed E-state index contributed by atoms with van der Waals surface area (Å²) in [6.45, 7) is 0.687. The number of fused-ring (bicyclic) bond motifs is 1. The summed E-state index contributed by atoms with van der Waals surface area (Å²) in [4.78, 5) is 15.7. The Hall–Kier alpha value is -2.26. The van der Waals surface area contributed by atoms with E-state index in [0.29, 0.717) is 36.1 Å². The van der Waals surface area contributed by atoms with Crippen LogP contribution < -0.4 is 5.73 Å². The summed E-state index contributed by atoms with van der Waals surface area (Å²) in [5.74, 6) is -0.534. The molecule has 22 heavy (non-hydrogen) atoms. The van der Waals surface area contributed by atoms with Crippen molar-refractivity contribution in [2.45, 2.75) is 6.42 Å². The number of carbonyl (C=O) groups excluding carboxylic acids is 1. The van der Waals surface area contributed by atoms with E-state index in [2.05, 4.69) is 10.1 Å². The smallest absolute Gasteiger partial charge is 0.249 e. The number of pyridine rings is 1. The number of primary amides is 1. The van der Waals surface area contributed by atoms with Gasteiger partial charge in [0.05, 0.1) is 23.4 Å². The van der Waals surface area contributed by atoms with E-state index in [1.165, 1.54) is 16.8 Å². The number of aromatic nitrogens is 3. The van der Waals surface area contributed by atoms with Gasteiger partial charge in [-0.1, -0.05) is 0 Å². The number of nitrogens with two attached hydrogens (primary N) is 1. The average Bonchev–Trinajstić information content (AvgIpc) is 2.90. The van der Waals surface area contributed by atoms with Crippen LogP contribution >= 0.6 is 0 Å². The number of hydrogen-bond acceptors (Lipinski definition) is 5. The van der Waals surface area contributed by atoms with Gasteiger partial charge in [0.2, 0.25) is 15.9 Å². The summed E-state index contributed by atoms with van der Waals surface area (Å²) in [5, 5.41) is 4.84. The summed E-state index contributed by atoms with van der Waals surface area (Å²) in [5.41, 5.74) is 7.10. The highest BCUT2D eigenvalue weighted by Gasteiger charge is 2.22. The number of hydrogen-bond donors (Lipinski definition) is 1. The molecule has 0 unspecified atom stereocenters. The largest absolute Gasteiger partial charge is 0.366 e. The van der Waals surface area contributed by atoms with E-state index in [9.17, 15) is 13.2 Å². The molecule has 0 saturated heterocycles. The van der Waals surface area contributed by atoms with Crippen LogP contribution in [0.5, 0.6) is 0 Å². The third-order valence-corrected chi connectivity index (χ3v) is 4.90. The monoisotopic (exact) mass is 321 g/mol. The van der Waals surface area contributed by atoms with Crippen LogP contribution in [0.2, 0.25) is 0 Å². The summed E-state index contributed by atoms with van der Waals surface area (Å²) >= 11 is 0. The zero-order valence-corrected chi connectivity index (χ0v) is 12.7. The Balaban J connectivity index is 2.01. The summed E-state index contributed by atoms with van der Waals surface area (Å²) < 4.78 is 26.1. The van der Waals surface area contributed by atoms with E-state index in [1.807, 2.05) is 0 Å². The summed E-state index contributed by atoms with van der Waals surface area (Å²) in [6, 6.07) is 1.55. The zero-order valence-electron chi connectivity index (χ0n) is 11.9. The fraction of sp³-hybridized carbons (Fsp3) is 0.308. The van der Waals surface area contributed by atoms with Gasteiger partial charge < -0.3 is 5.73 Å². The zero-order chi connectivity index (χ0) is 15.9. The quantitative estimate of drug-likeness (QED) is 0.857. The minimum absolute atomic E-state index is 0.297. The molecule has 1 amide bonds. The molecule has 1 aliphatic rings. The first-order valence-electron chi connectivity index (χ1n) is 6.65. The molecule has 2 aromatic heterocycles. The van der Waals surface area contributed by atoms with Crippen LogP contribution in [-0.4, -0.2) is 52.7 Å². The predicted molar refractivity (Wildman–Crippen MR) is 81.4 cm³/mol. The van der Waals surface area contributed by atoms with Crippen LogP contribution in [0.4, 0.5) is 0 Å². The van der Waals surface area contributed by atoms with Gasteiger partial charge in [-0.05, 0) is 12.1 Å².